The van der Waals surface area contributed by atoms with Gasteiger partial charge in [-0.05, 0) is 48.8 Å². The summed E-state index contributed by atoms with van der Waals surface area (Å²) in [5, 5.41) is 9.83. The van der Waals surface area contributed by atoms with Gasteiger partial charge in [0.25, 0.3) is 0 Å². The highest BCUT2D eigenvalue weighted by Gasteiger charge is 2.19. The van der Waals surface area contributed by atoms with Gasteiger partial charge in [0.05, 0.1) is 0 Å². The largest absolute Gasteiger partial charge is 0.511 e. The summed E-state index contributed by atoms with van der Waals surface area (Å²) in [4.78, 5) is 13.1. The molecule has 0 atom stereocenters. The number of carbonyl (C=O) groups is 1. The first-order chi connectivity index (χ1) is 12.1. The number of hydrogen-bond donors (Lipinski definition) is 1. The van der Waals surface area contributed by atoms with E-state index >= 15 is 0 Å². The van der Waals surface area contributed by atoms with Crippen molar-refractivity contribution in [2.24, 2.45) is 0 Å². The van der Waals surface area contributed by atoms with E-state index in [1.165, 1.54) is 12.1 Å². The maximum absolute atomic E-state index is 12.9. The van der Waals surface area contributed by atoms with Crippen molar-refractivity contribution >= 4 is 17.9 Å². The smallest absolute Gasteiger partial charge is 0.449 e. The fourth-order valence-electron chi connectivity index (χ4n) is 2.57. The zero-order valence-corrected chi connectivity index (χ0v) is 15.2. The maximum Gasteiger partial charge on any atom is 0.511 e. The summed E-state index contributed by atoms with van der Waals surface area (Å²) in [5.41, 5.74) is 1.10. The molecule has 0 saturated heterocycles. The van der Waals surface area contributed by atoms with Gasteiger partial charge in [0, 0.05) is 13.1 Å². The molecule has 0 saturated carbocycles. The van der Waals surface area contributed by atoms with E-state index in [0.717, 1.165) is 55.1 Å². The molecule has 136 valence electrons. The summed E-state index contributed by atoms with van der Waals surface area (Å²) < 4.78 is 17.9. The third-order valence-electron chi connectivity index (χ3n) is 3.83. The molecule has 0 aromatic heterocycles. The quantitative estimate of drug-likeness (QED) is 0.491. The second-order valence-corrected chi connectivity index (χ2v) is 6.90. The van der Waals surface area contributed by atoms with Gasteiger partial charge in [-0.15, -0.1) is 11.8 Å². The standard InChI is InChI=1S/C19H24FNO3S/c1-2-3-12-21-13-4-7-17(24-19(22)23)18(21)25-14-5-6-15-8-10-16(20)11-9-15/h4,7-11H,2-3,5-6,12-14H2,1H3,(H,22,23). The second-order valence-electron chi connectivity index (χ2n) is 5.82. The van der Waals surface area contributed by atoms with Gasteiger partial charge in [-0.25, -0.2) is 9.18 Å². The molecule has 1 aromatic rings. The lowest BCUT2D eigenvalue weighted by atomic mass is 10.1. The Hall–Kier alpha value is -1.95. The molecule has 1 heterocycles. The van der Waals surface area contributed by atoms with E-state index < -0.39 is 6.16 Å². The number of ether oxygens (including phenoxy) is 1. The molecule has 1 N–H and O–H groups in total. The number of carboxylic acid groups (broad SMARTS) is 1. The lowest BCUT2D eigenvalue weighted by Gasteiger charge is -2.29. The SMILES string of the molecule is CCCCN1CC=CC(OC(=O)O)=C1SCCCc1ccc(F)cc1. The lowest BCUT2D eigenvalue weighted by molar-refractivity contribution is 0.119. The summed E-state index contributed by atoms with van der Waals surface area (Å²) in [7, 11) is 0. The Morgan fingerprint density at radius 2 is 2.08 bits per heavy atom. The summed E-state index contributed by atoms with van der Waals surface area (Å²) in [6, 6.07) is 6.55. The van der Waals surface area contributed by atoms with Crippen molar-refractivity contribution in [3.05, 3.63) is 58.6 Å². The number of thioether (sulfide) groups is 1. The predicted octanol–water partition coefficient (Wildman–Crippen LogP) is 5.03. The van der Waals surface area contributed by atoms with Crippen LogP contribution in [0, 0.1) is 5.82 Å². The lowest BCUT2D eigenvalue weighted by Crippen LogP contribution is -2.27. The fraction of sp³-hybridized carbons (Fsp3) is 0.421. The first-order valence-corrected chi connectivity index (χ1v) is 9.52. The molecule has 0 fully saturated rings. The van der Waals surface area contributed by atoms with Crippen molar-refractivity contribution in [1.82, 2.24) is 4.90 Å². The van der Waals surface area contributed by atoms with Crippen LogP contribution >= 0.6 is 11.8 Å². The van der Waals surface area contributed by atoms with Crippen molar-refractivity contribution in [2.45, 2.75) is 32.6 Å². The molecule has 2 rings (SSSR count). The zero-order valence-electron chi connectivity index (χ0n) is 14.4. The van der Waals surface area contributed by atoms with Crippen LogP contribution in [-0.4, -0.2) is 35.0 Å². The second kappa shape index (κ2) is 10.1. The van der Waals surface area contributed by atoms with Crippen LogP contribution in [0.15, 0.2) is 47.2 Å². The molecule has 0 radical (unpaired) electrons. The predicted molar refractivity (Wildman–Crippen MR) is 98.9 cm³/mol. The highest BCUT2D eigenvalue weighted by atomic mass is 32.2. The molecule has 0 unspecified atom stereocenters. The van der Waals surface area contributed by atoms with Crippen molar-refractivity contribution in [3.8, 4) is 0 Å². The normalized spacial score (nSPS) is 14.1. The van der Waals surface area contributed by atoms with Gasteiger partial charge < -0.3 is 14.7 Å². The number of rotatable bonds is 9. The Balaban J connectivity index is 1.94. The summed E-state index contributed by atoms with van der Waals surface area (Å²) in [5.74, 6) is 1.02. The van der Waals surface area contributed by atoms with Crippen molar-refractivity contribution in [2.75, 3.05) is 18.8 Å². The number of nitrogens with zero attached hydrogens (tertiary/aromatic N) is 1. The summed E-state index contributed by atoms with van der Waals surface area (Å²) in [6.45, 7) is 3.79. The molecular formula is C19H24FNO3S. The van der Waals surface area contributed by atoms with E-state index in [4.69, 9.17) is 9.84 Å². The third kappa shape index (κ3) is 6.46. The van der Waals surface area contributed by atoms with E-state index in [9.17, 15) is 9.18 Å². The number of hydrogen-bond acceptors (Lipinski definition) is 4. The molecule has 25 heavy (non-hydrogen) atoms. The van der Waals surface area contributed by atoms with E-state index in [0.29, 0.717) is 5.76 Å². The number of allylic oxidation sites excluding steroid dienone is 1. The maximum atomic E-state index is 12.9. The number of halogens is 1. The van der Waals surface area contributed by atoms with Gasteiger partial charge in [-0.1, -0.05) is 31.6 Å². The third-order valence-corrected chi connectivity index (χ3v) is 5.06. The number of aryl methyl sites for hydroxylation is 1. The molecule has 0 spiro atoms. The van der Waals surface area contributed by atoms with Crippen molar-refractivity contribution < 1.29 is 19.0 Å². The van der Waals surface area contributed by atoms with Gasteiger partial charge in [-0.3, -0.25) is 0 Å². The van der Waals surface area contributed by atoms with Crippen LogP contribution in [0.1, 0.15) is 31.7 Å². The van der Waals surface area contributed by atoms with E-state index in [1.807, 2.05) is 6.08 Å². The summed E-state index contributed by atoms with van der Waals surface area (Å²) in [6.07, 6.45) is 6.29. The molecule has 1 aliphatic heterocycles. The minimum atomic E-state index is -1.29. The van der Waals surface area contributed by atoms with Gasteiger partial charge in [-0.2, -0.15) is 0 Å². The average molecular weight is 365 g/mol. The number of benzene rings is 1. The van der Waals surface area contributed by atoms with Crippen molar-refractivity contribution in [3.63, 3.8) is 0 Å². The molecule has 1 aromatic carbocycles. The highest BCUT2D eigenvalue weighted by molar-refractivity contribution is 8.03. The molecule has 6 heteroatoms. The van der Waals surface area contributed by atoms with E-state index in [-0.39, 0.29) is 5.82 Å². The first kappa shape index (κ1) is 19.4. The van der Waals surface area contributed by atoms with Crippen LogP contribution in [0.2, 0.25) is 0 Å². The average Bonchev–Trinajstić information content (AvgIpc) is 2.59. The van der Waals surface area contributed by atoms with Crippen LogP contribution in [0.25, 0.3) is 0 Å². The molecule has 1 aliphatic rings. The Labute approximate surface area is 152 Å². The topological polar surface area (TPSA) is 49.8 Å². The molecule has 0 bridgehead atoms. The Morgan fingerprint density at radius 1 is 1.32 bits per heavy atom. The van der Waals surface area contributed by atoms with Gasteiger partial charge in [0.2, 0.25) is 0 Å². The molecule has 4 nitrogen and oxygen atoms in total. The van der Waals surface area contributed by atoms with Crippen LogP contribution in [-0.2, 0) is 11.2 Å². The van der Waals surface area contributed by atoms with Crippen LogP contribution < -0.4 is 0 Å². The van der Waals surface area contributed by atoms with Crippen LogP contribution in [0.3, 0.4) is 0 Å². The van der Waals surface area contributed by atoms with Crippen LogP contribution in [0.5, 0.6) is 0 Å². The van der Waals surface area contributed by atoms with E-state index in [2.05, 4.69) is 11.8 Å². The minimum absolute atomic E-state index is 0.223. The first-order valence-electron chi connectivity index (χ1n) is 8.54. The zero-order chi connectivity index (χ0) is 18.1. The van der Waals surface area contributed by atoms with Crippen molar-refractivity contribution in [1.29, 1.82) is 0 Å². The molecular weight excluding hydrogens is 341 g/mol. The number of unbranched alkanes of at least 4 members (excludes halogenated alkanes) is 1. The Morgan fingerprint density at radius 3 is 2.76 bits per heavy atom. The van der Waals surface area contributed by atoms with Gasteiger partial charge in [0.1, 0.15) is 10.8 Å². The van der Waals surface area contributed by atoms with Crippen LogP contribution in [0.4, 0.5) is 9.18 Å². The highest BCUT2D eigenvalue weighted by Crippen LogP contribution is 2.30. The monoisotopic (exact) mass is 365 g/mol. The summed E-state index contributed by atoms with van der Waals surface area (Å²) >= 11 is 1.62. The Bertz CT molecular complexity index is 628. The van der Waals surface area contributed by atoms with E-state index in [1.54, 1.807) is 30.0 Å². The Kier molecular flexibility index (Phi) is 7.85. The fourth-order valence-corrected chi connectivity index (χ4v) is 3.65. The van der Waals surface area contributed by atoms with Gasteiger partial charge in [0.15, 0.2) is 5.76 Å². The minimum Gasteiger partial charge on any atom is -0.449 e. The molecule has 0 aliphatic carbocycles. The van der Waals surface area contributed by atoms with Gasteiger partial charge >= 0.3 is 6.16 Å². The molecule has 0 amide bonds.